The molecule has 0 atom stereocenters. The van der Waals surface area contributed by atoms with Crippen molar-refractivity contribution < 1.29 is 22.6 Å². The van der Waals surface area contributed by atoms with E-state index < -0.39 is 6.36 Å². The summed E-state index contributed by atoms with van der Waals surface area (Å²) in [5, 5.41) is 7.95. The number of alkyl halides is 3. The lowest BCUT2D eigenvalue weighted by molar-refractivity contribution is -0.274. The van der Waals surface area contributed by atoms with Gasteiger partial charge in [-0.3, -0.25) is 0 Å². The number of halogens is 3. The van der Waals surface area contributed by atoms with Gasteiger partial charge in [-0.2, -0.15) is 5.10 Å². The van der Waals surface area contributed by atoms with Crippen LogP contribution in [0.15, 0.2) is 30.3 Å². The Hall–Kier alpha value is -2.26. The fraction of sp³-hybridized carbons (Fsp3) is 0.471. The van der Waals surface area contributed by atoms with Gasteiger partial charge in [0.05, 0.1) is 12.3 Å². The second kappa shape index (κ2) is 7.96. The summed E-state index contributed by atoms with van der Waals surface area (Å²) in [6, 6.07) is 7.70. The molecule has 1 aliphatic rings. The smallest absolute Gasteiger partial charge is 0.406 e. The number of hydrogen-bond acceptors (Lipinski definition) is 5. The summed E-state index contributed by atoms with van der Waals surface area (Å²) in [5.74, 6) is 0.599. The van der Waals surface area contributed by atoms with E-state index in [1.54, 1.807) is 23.9 Å². The van der Waals surface area contributed by atoms with Crippen molar-refractivity contribution in [3.05, 3.63) is 36.0 Å². The molecule has 0 radical (unpaired) electrons. The summed E-state index contributed by atoms with van der Waals surface area (Å²) in [7, 11) is 1.63. The van der Waals surface area contributed by atoms with Crippen LogP contribution in [-0.4, -0.2) is 56.0 Å². The first-order valence-corrected chi connectivity index (χ1v) is 8.36. The standard InChI is InChI=1S/C17H21F3N4O2/c1-25-11-6-14-12-16(23-9-7-21-8-10-23)22-24(14)13-2-4-15(5-3-13)26-17(18,19)20/h2-5,12,21H,6-11H2,1H3. The average Bonchev–Trinajstić information content (AvgIpc) is 3.04. The van der Waals surface area contributed by atoms with E-state index in [1.165, 1.54) is 12.1 Å². The summed E-state index contributed by atoms with van der Waals surface area (Å²) in [6.07, 6.45) is -4.05. The third kappa shape index (κ3) is 4.67. The summed E-state index contributed by atoms with van der Waals surface area (Å²) in [4.78, 5) is 2.18. The summed E-state index contributed by atoms with van der Waals surface area (Å²) in [6.45, 7) is 4.04. The van der Waals surface area contributed by atoms with Crippen LogP contribution in [0.4, 0.5) is 19.0 Å². The van der Waals surface area contributed by atoms with Crippen molar-refractivity contribution in [2.45, 2.75) is 12.8 Å². The normalized spacial score (nSPS) is 15.3. The molecule has 6 nitrogen and oxygen atoms in total. The van der Waals surface area contributed by atoms with E-state index in [4.69, 9.17) is 4.74 Å². The molecule has 1 N–H and O–H groups in total. The molecule has 9 heteroatoms. The van der Waals surface area contributed by atoms with Crippen molar-refractivity contribution in [3.8, 4) is 11.4 Å². The zero-order chi connectivity index (χ0) is 18.6. The highest BCUT2D eigenvalue weighted by Crippen LogP contribution is 2.25. The van der Waals surface area contributed by atoms with Gasteiger partial charge in [0, 0.05) is 51.5 Å². The molecule has 2 aromatic rings. The molecule has 0 aliphatic carbocycles. The molecule has 1 saturated heterocycles. The second-order valence-electron chi connectivity index (χ2n) is 5.93. The lowest BCUT2D eigenvalue weighted by Gasteiger charge is -2.27. The van der Waals surface area contributed by atoms with Gasteiger partial charge in [-0.05, 0) is 24.3 Å². The first-order valence-electron chi connectivity index (χ1n) is 8.36. The average molecular weight is 370 g/mol. The number of nitrogens with one attached hydrogen (secondary N) is 1. The molecule has 0 saturated carbocycles. The Bertz CT molecular complexity index is 710. The van der Waals surface area contributed by atoms with Gasteiger partial charge in [0.25, 0.3) is 0 Å². The predicted molar refractivity (Wildman–Crippen MR) is 90.9 cm³/mol. The van der Waals surface area contributed by atoms with E-state index in [9.17, 15) is 13.2 Å². The first kappa shape index (κ1) is 18.5. The molecular formula is C17H21F3N4O2. The van der Waals surface area contributed by atoms with Crippen LogP contribution in [-0.2, 0) is 11.2 Å². The van der Waals surface area contributed by atoms with Crippen LogP contribution >= 0.6 is 0 Å². The van der Waals surface area contributed by atoms with E-state index in [0.29, 0.717) is 18.7 Å². The number of nitrogens with zero attached hydrogens (tertiary/aromatic N) is 3. The molecule has 0 spiro atoms. The number of hydrogen-bond donors (Lipinski definition) is 1. The SMILES string of the molecule is COCCc1cc(N2CCNCC2)nn1-c1ccc(OC(F)(F)F)cc1. The van der Waals surface area contributed by atoms with Crippen molar-refractivity contribution in [2.75, 3.05) is 44.8 Å². The van der Waals surface area contributed by atoms with Crippen molar-refractivity contribution in [3.63, 3.8) is 0 Å². The molecule has 0 amide bonds. The van der Waals surface area contributed by atoms with Gasteiger partial charge in [-0.15, -0.1) is 13.2 Å². The van der Waals surface area contributed by atoms with E-state index in [2.05, 4.69) is 20.1 Å². The molecule has 1 aromatic heterocycles. The topological polar surface area (TPSA) is 51.5 Å². The van der Waals surface area contributed by atoms with Gasteiger partial charge in [0.1, 0.15) is 5.75 Å². The van der Waals surface area contributed by atoms with Crippen LogP contribution in [0.1, 0.15) is 5.69 Å². The van der Waals surface area contributed by atoms with Crippen LogP contribution in [0.2, 0.25) is 0 Å². The largest absolute Gasteiger partial charge is 0.573 e. The molecule has 1 aromatic carbocycles. The number of anilines is 1. The molecule has 0 bridgehead atoms. The number of ether oxygens (including phenoxy) is 2. The zero-order valence-electron chi connectivity index (χ0n) is 14.4. The highest BCUT2D eigenvalue weighted by molar-refractivity contribution is 5.46. The Morgan fingerprint density at radius 2 is 1.85 bits per heavy atom. The maximum absolute atomic E-state index is 12.3. The van der Waals surface area contributed by atoms with Gasteiger partial charge >= 0.3 is 6.36 Å². The van der Waals surface area contributed by atoms with Gasteiger partial charge in [0.2, 0.25) is 0 Å². The zero-order valence-corrected chi connectivity index (χ0v) is 14.4. The number of aromatic nitrogens is 2. The molecular weight excluding hydrogens is 349 g/mol. The molecule has 142 valence electrons. The van der Waals surface area contributed by atoms with Gasteiger partial charge in [0.15, 0.2) is 5.82 Å². The molecule has 2 heterocycles. The van der Waals surface area contributed by atoms with Crippen molar-refractivity contribution in [1.82, 2.24) is 15.1 Å². The maximum Gasteiger partial charge on any atom is 0.573 e. The minimum atomic E-state index is -4.70. The number of piperazine rings is 1. The van der Waals surface area contributed by atoms with Crippen molar-refractivity contribution in [2.24, 2.45) is 0 Å². The minimum Gasteiger partial charge on any atom is -0.406 e. The van der Waals surface area contributed by atoms with Crippen molar-refractivity contribution >= 4 is 5.82 Å². The lowest BCUT2D eigenvalue weighted by Crippen LogP contribution is -2.43. The Balaban J connectivity index is 1.85. The highest BCUT2D eigenvalue weighted by Gasteiger charge is 2.31. The van der Waals surface area contributed by atoms with E-state index in [1.807, 2.05) is 6.07 Å². The molecule has 1 aliphatic heterocycles. The Kier molecular flexibility index (Phi) is 5.67. The van der Waals surface area contributed by atoms with Crippen LogP contribution in [0.25, 0.3) is 5.69 Å². The Morgan fingerprint density at radius 3 is 2.46 bits per heavy atom. The second-order valence-corrected chi connectivity index (χ2v) is 5.93. The highest BCUT2D eigenvalue weighted by atomic mass is 19.4. The fourth-order valence-electron chi connectivity index (χ4n) is 2.85. The van der Waals surface area contributed by atoms with E-state index in [-0.39, 0.29) is 5.75 Å². The number of methoxy groups -OCH3 is 1. The summed E-state index contributed by atoms with van der Waals surface area (Å²) < 4.78 is 47.8. The Labute approximate surface area is 149 Å². The first-order chi connectivity index (χ1) is 12.5. The fourth-order valence-corrected chi connectivity index (χ4v) is 2.85. The number of benzene rings is 1. The maximum atomic E-state index is 12.3. The summed E-state index contributed by atoms with van der Waals surface area (Å²) >= 11 is 0. The van der Waals surface area contributed by atoms with Crippen LogP contribution in [0, 0.1) is 0 Å². The quantitative estimate of drug-likeness (QED) is 0.846. The Morgan fingerprint density at radius 1 is 1.15 bits per heavy atom. The molecule has 26 heavy (non-hydrogen) atoms. The lowest BCUT2D eigenvalue weighted by atomic mass is 10.2. The third-order valence-electron chi connectivity index (χ3n) is 4.09. The van der Waals surface area contributed by atoms with E-state index >= 15 is 0 Å². The van der Waals surface area contributed by atoms with Gasteiger partial charge < -0.3 is 19.7 Å². The minimum absolute atomic E-state index is 0.255. The van der Waals surface area contributed by atoms with Crippen LogP contribution in [0.3, 0.4) is 0 Å². The molecule has 1 fully saturated rings. The summed E-state index contributed by atoms with van der Waals surface area (Å²) in [5.41, 5.74) is 1.61. The van der Waals surface area contributed by atoms with Gasteiger partial charge in [-0.25, -0.2) is 4.68 Å². The third-order valence-corrected chi connectivity index (χ3v) is 4.09. The van der Waals surface area contributed by atoms with Crippen LogP contribution < -0.4 is 15.0 Å². The van der Waals surface area contributed by atoms with Crippen molar-refractivity contribution in [1.29, 1.82) is 0 Å². The van der Waals surface area contributed by atoms with Crippen LogP contribution in [0.5, 0.6) is 5.75 Å². The molecule has 3 rings (SSSR count). The van der Waals surface area contributed by atoms with Gasteiger partial charge in [-0.1, -0.05) is 0 Å². The monoisotopic (exact) mass is 370 g/mol. The predicted octanol–water partition coefficient (Wildman–Crippen LogP) is 2.37. The number of rotatable bonds is 6. The molecule has 0 unspecified atom stereocenters. The van der Waals surface area contributed by atoms with E-state index in [0.717, 1.165) is 37.7 Å².